The van der Waals surface area contributed by atoms with E-state index in [2.05, 4.69) is 5.32 Å². The van der Waals surface area contributed by atoms with E-state index >= 15 is 0 Å². The van der Waals surface area contributed by atoms with Crippen LogP contribution in [-0.2, 0) is 9.53 Å². The fourth-order valence-electron chi connectivity index (χ4n) is 2.63. The van der Waals surface area contributed by atoms with Crippen LogP contribution in [0.3, 0.4) is 0 Å². The Morgan fingerprint density at radius 2 is 2.00 bits per heavy atom. The van der Waals surface area contributed by atoms with E-state index in [0.717, 1.165) is 6.42 Å². The first kappa shape index (κ1) is 19.2. The number of hydrogen-bond acceptors (Lipinski definition) is 4. The molecule has 1 saturated heterocycles. The zero-order valence-corrected chi connectivity index (χ0v) is 13.0. The number of ether oxygens (including phenoxy) is 1. The molecule has 0 aromatic heterocycles. The molecule has 8 heteroatoms. The summed E-state index contributed by atoms with van der Waals surface area (Å²) in [4.78, 5) is 13.8. The monoisotopic (exact) mass is 326 g/mol. The van der Waals surface area contributed by atoms with Crippen molar-refractivity contribution in [1.29, 1.82) is 0 Å². The quantitative estimate of drug-likeness (QED) is 0.689. The van der Waals surface area contributed by atoms with Crippen molar-refractivity contribution in [2.45, 2.75) is 44.5 Å². The van der Waals surface area contributed by atoms with Gasteiger partial charge in [-0.3, -0.25) is 9.69 Å². The lowest BCUT2D eigenvalue weighted by atomic mass is 9.90. The van der Waals surface area contributed by atoms with E-state index in [-0.39, 0.29) is 24.8 Å². The summed E-state index contributed by atoms with van der Waals surface area (Å²) in [6.07, 6.45) is -5.65. The molecule has 1 rings (SSSR count). The average Bonchev–Trinajstić information content (AvgIpc) is 2.49. The number of piperidine rings is 1. The lowest BCUT2D eigenvalue weighted by Gasteiger charge is -2.37. The summed E-state index contributed by atoms with van der Waals surface area (Å²) in [6, 6.07) is -0.383. The van der Waals surface area contributed by atoms with Crippen molar-refractivity contribution < 1.29 is 27.8 Å². The van der Waals surface area contributed by atoms with Crippen LogP contribution in [0.4, 0.5) is 13.2 Å². The van der Waals surface area contributed by atoms with Gasteiger partial charge in [-0.25, -0.2) is 0 Å². The van der Waals surface area contributed by atoms with Gasteiger partial charge in [0.25, 0.3) is 0 Å². The highest BCUT2D eigenvalue weighted by Gasteiger charge is 2.44. The molecule has 1 heterocycles. The number of likely N-dealkylation sites (tertiary alicyclic amines) is 1. The third-order valence-corrected chi connectivity index (χ3v) is 4.11. The standard InChI is InChI=1S/C14H25F3N2O3/c1-10(13(21)18-6-3-9-22-2)19-7-4-11(5-8-19)12(20)14(15,16)17/h10-12,20H,3-9H2,1-2H3,(H,18,21). The van der Waals surface area contributed by atoms with Crippen molar-refractivity contribution >= 4 is 5.91 Å². The van der Waals surface area contributed by atoms with Crippen LogP contribution in [-0.4, -0.2) is 67.6 Å². The SMILES string of the molecule is COCCCNC(=O)C(C)N1CCC(C(O)C(F)(F)F)CC1. The highest BCUT2D eigenvalue weighted by molar-refractivity contribution is 5.81. The Balaban J connectivity index is 2.35. The van der Waals surface area contributed by atoms with Crippen LogP contribution in [0.5, 0.6) is 0 Å². The first-order valence-electron chi connectivity index (χ1n) is 7.52. The number of aliphatic hydroxyl groups excluding tert-OH is 1. The number of aliphatic hydroxyl groups is 1. The lowest BCUT2D eigenvalue weighted by molar-refractivity contribution is -0.223. The van der Waals surface area contributed by atoms with E-state index in [9.17, 15) is 23.1 Å². The Hall–Kier alpha value is -0.860. The number of carbonyl (C=O) groups is 1. The van der Waals surface area contributed by atoms with Gasteiger partial charge in [0.1, 0.15) is 0 Å². The number of carbonyl (C=O) groups excluding carboxylic acids is 1. The van der Waals surface area contributed by atoms with Crippen molar-refractivity contribution in [3.63, 3.8) is 0 Å². The molecule has 1 amide bonds. The number of nitrogens with one attached hydrogen (secondary N) is 1. The number of alkyl halides is 3. The average molecular weight is 326 g/mol. The van der Waals surface area contributed by atoms with Gasteiger partial charge in [-0.1, -0.05) is 0 Å². The first-order valence-corrected chi connectivity index (χ1v) is 7.52. The van der Waals surface area contributed by atoms with Crippen LogP contribution < -0.4 is 5.32 Å². The summed E-state index contributed by atoms with van der Waals surface area (Å²) in [6.45, 7) is 3.58. The smallest absolute Gasteiger partial charge is 0.385 e. The molecule has 0 bridgehead atoms. The van der Waals surface area contributed by atoms with Crippen molar-refractivity contribution in [2.75, 3.05) is 33.4 Å². The van der Waals surface area contributed by atoms with Crippen molar-refractivity contribution in [2.24, 2.45) is 5.92 Å². The van der Waals surface area contributed by atoms with E-state index in [0.29, 0.717) is 26.2 Å². The van der Waals surface area contributed by atoms with Gasteiger partial charge in [0, 0.05) is 20.3 Å². The minimum absolute atomic E-state index is 0.133. The molecule has 0 spiro atoms. The zero-order chi connectivity index (χ0) is 16.8. The number of hydrogen-bond donors (Lipinski definition) is 2. The Labute approximate surface area is 128 Å². The predicted molar refractivity (Wildman–Crippen MR) is 75.3 cm³/mol. The molecular weight excluding hydrogens is 301 g/mol. The second-order valence-electron chi connectivity index (χ2n) is 5.67. The molecule has 5 nitrogen and oxygen atoms in total. The highest BCUT2D eigenvalue weighted by Crippen LogP contribution is 2.31. The van der Waals surface area contributed by atoms with E-state index in [1.54, 1.807) is 14.0 Å². The largest absolute Gasteiger partial charge is 0.414 e. The second-order valence-corrected chi connectivity index (χ2v) is 5.67. The fraction of sp³-hybridized carbons (Fsp3) is 0.929. The van der Waals surface area contributed by atoms with Gasteiger partial charge in [0.2, 0.25) is 5.91 Å². The van der Waals surface area contributed by atoms with Gasteiger partial charge in [-0.05, 0) is 45.2 Å². The predicted octanol–water partition coefficient (Wildman–Crippen LogP) is 1.16. The minimum atomic E-state index is -4.57. The topological polar surface area (TPSA) is 61.8 Å². The molecule has 2 atom stereocenters. The molecule has 1 aliphatic heterocycles. The molecule has 2 unspecified atom stereocenters. The van der Waals surface area contributed by atoms with Crippen molar-refractivity contribution in [1.82, 2.24) is 10.2 Å². The number of halogens is 3. The van der Waals surface area contributed by atoms with Gasteiger partial charge in [0.05, 0.1) is 6.04 Å². The molecule has 0 radical (unpaired) electrons. The summed E-state index contributed by atoms with van der Waals surface area (Å²) >= 11 is 0. The summed E-state index contributed by atoms with van der Waals surface area (Å²) in [7, 11) is 1.59. The second kappa shape index (κ2) is 8.69. The van der Waals surface area contributed by atoms with Gasteiger partial charge in [-0.15, -0.1) is 0 Å². The van der Waals surface area contributed by atoms with Gasteiger partial charge < -0.3 is 15.2 Å². The Morgan fingerprint density at radius 1 is 1.41 bits per heavy atom. The molecule has 0 aliphatic carbocycles. The number of amides is 1. The molecule has 22 heavy (non-hydrogen) atoms. The normalized spacial score (nSPS) is 20.6. The third kappa shape index (κ3) is 5.73. The van der Waals surface area contributed by atoms with Crippen LogP contribution >= 0.6 is 0 Å². The maximum atomic E-state index is 12.5. The van der Waals surface area contributed by atoms with Crippen molar-refractivity contribution in [3.05, 3.63) is 0 Å². The van der Waals surface area contributed by atoms with E-state index in [1.807, 2.05) is 4.90 Å². The fourth-order valence-corrected chi connectivity index (χ4v) is 2.63. The first-order chi connectivity index (χ1) is 10.3. The number of nitrogens with zero attached hydrogens (tertiary/aromatic N) is 1. The minimum Gasteiger partial charge on any atom is -0.385 e. The van der Waals surface area contributed by atoms with E-state index in [4.69, 9.17) is 4.74 Å². The highest BCUT2D eigenvalue weighted by atomic mass is 19.4. The molecule has 0 aromatic carbocycles. The molecule has 130 valence electrons. The Kier molecular flexibility index (Phi) is 7.58. The van der Waals surface area contributed by atoms with Crippen LogP contribution in [0, 0.1) is 5.92 Å². The summed E-state index contributed by atoms with van der Waals surface area (Å²) in [5, 5.41) is 12.1. The molecule has 1 fully saturated rings. The lowest BCUT2D eigenvalue weighted by Crippen LogP contribution is -2.50. The van der Waals surface area contributed by atoms with Gasteiger partial charge >= 0.3 is 6.18 Å². The van der Waals surface area contributed by atoms with Crippen LogP contribution in [0.2, 0.25) is 0 Å². The number of rotatable bonds is 7. The molecule has 1 aliphatic rings. The maximum absolute atomic E-state index is 12.5. The van der Waals surface area contributed by atoms with Crippen LogP contribution in [0.25, 0.3) is 0 Å². The van der Waals surface area contributed by atoms with Crippen LogP contribution in [0.15, 0.2) is 0 Å². The molecule has 0 aromatic rings. The maximum Gasteiger partial charge on any atom is 0.414 e. The van der Waals surface area contributed by atoms with Gasteiger partial charge in [0.15, 0.2) is 6.10 Å². The van der Waals surface area contributed by atoms with Crippen LogP contribution in [0.1, 0.15) is 26.2 Å². The zero-order valence-electron chi connectivity index (χ0n) is 13.0. The van der Waals surface area contributed by atoms with Gasteiger partial charge in [-0.2, -0.15) is 13.2 Å². The van der Waals surface area contributed by atoms with E-state index in [1.165, 1.54) is 0 Å². The Bertz CT molecular complexity index is 345. The summed E-state index contributed by atoms with van der Waals surface area (Å²) in [5.41, 5.74) is 0. The Morgan fingerprint density at radius 3 is 2.50 bits per heavy atom. The molecule has 0 saturated carbocycles. The van der Waals surface area contributed by atoms with Crippen molar-refractivity contribution in [3.8, 4) is 0 Å². The molecule has 2 N–H and O–H groups in total. The third-order valence-electron chi connectivity index (χ3n) is 4.11. The molecular formula is C14H25F3N2O3. The van der Waals surface area contributed by atoms with E-state index < -0.39 is 18.2 Å². The summed E-state index contributed by atoms with van der Waals surface area (Å²) < 4.78 is 42.3. The number of methoxy groups -OCH3 is 1. The summed E-state index contributed by atoms with van der Waals surface area (Å²) in [5.74, 6) is -0.917.